The van der Waals surface area contributed by atoms with Gasteiger partial charge in [-0.2, -0.15) is 0 Å². The van der Waals surface area contributed by atoms with Crippen LogP contribution >= 0.6 is 0 Å². The van der Waals surface area contributed by atoms with Gasteiger partial charge in [0.1, 0.15) is 12.4 Å². The summed E-state index contributed by atoms with van der Waals surface area (Å²) in [5.74, 6) is -1.43. The highest BCUT2D eigenvalue weighted by molar-refractivity contribution is 5.90. The number of hydrogen-bond acceptors (Lipinski definition) is 7. The Morgan fingerprint density at radius 2 is 2.00 bits per heavy atom. The van der Waals surface area contributed by atoms with Gasteiger partial charge in [-0.25, -0.2) is 14.2 Å². The number of aliphatic hydroxyl groups is 2. The molecule has 162 valence electrons. The van der Waals surface area contributed by atoms with E-state index in [0.29, 0.717) is 22.3 Å². The largest absolute Gasteiger partial charge is 0.458 e. The van der Waals surface area contributed by atoms with Crippen LogP contribution in [0.4, 0.5) is 10.1 Å². The quantitative estimate of drug-likeness (QED) is 0.329. The highest BCUT2D eigenvalue weighted by Gasteiger charge is 2.34. The van der Waals surface area contributed by atoms with Gasteiger partial charge in [0.15, 0.2) is 6.10 Å². The van der Waals surface area contributed by atoms with Crippen molar-refractivity contribution >= 4 is 22.6 Å². The highest BCUT2D eigenvalue weighted by atomic mass is 19.1. The first-order chi connectivity index (χ1) is 14.9. The van der Waals surface area contributed by atoms with Crippen molar-refractivity contribution in [3.05, 3.63) is 56.6 Å². The molecule has 0 saturated carbocycles. The number of nitrogens with two attached hydrogens (primary N) is 1. The van der Waals surface area contributed by atoms with Gasteiger partial charge in [0.25, 0.3) is 5.56 Å². The molecule has 0 amide bonds. The number of fused-ring (bicyclic) bond motifs is 5. The maximum Gasteiger partial charge on any atom is 0.340 e. The number of aromatic nitrogens is 2. The van der Waals surface area contributed by atoms with Crippen LogP contribution in [-0.2, 0) is 29.1 Å². The van der Waals surface area contributed by atoms with Gasteiger partial charge in [-0.1, -0.05) is 13.8 Å². The zero-order valence-corrected chi connectivity index (χ0v) is 17.1. The van der Waals surface area contributed by atoms with Gasteiger partial charge in [-0.15, -0.1) is 0 Å². The van der Waals surface area contributed by atoms with Gasteiger partial charge in [-0.05, 0) is 24.1 Å². The minimum absolute atomic E-state index is 0.0274. The number of nitrogens with zero attached hydrogens (tertiary/aromatic N) is 2. The van der Waals surface area contributed by atoms with Crippen molar-refractivity contribution in [2.24, 2.45) is 0 Å². The van der Waals surface area contributed by atoms with Crippen LogP contribution in [0, 0.1) is 5.82 Å². The van der Waals surface area contributed by atoms with E-state index in [-0.39, 0.29) is 48.6 Å². The van der Waals surface area contributed by atoms with Crippen LogP contribution in [0.15, 0.2) is 23.0 Å². The number of pyridine rings is 2. The van der Waals surface area contributed by atoms with E-state index >= 15 is 0 Å². The van der Waals surface area contributed by atoms with E-state index in [1.165, 1.54) is 16.7 Å². The topological polar surface area (TPSA) is 128 Å². The number of anilines is 1. The first kappa shape index (κ1) is 21.0. The Balaban J connectivity index is 0.00000112. The first-order valence-electron chi connectivity index (χ1n) is 10.0. The molecule has 1 unspecified atom stereocenters. The molecular weight excluding hydrogens is 405 g/mol. The lowest BCUT2D eigenvalue weighted by atomic mass is 9.97. The molecule has 0 radical (unpaired) electrons. The van der Waals surface area contributed by atoms with Crippen LogP contribution < -0.4 is 11.3 Å². The third kappa shape index (κ3) is 3.08. The number of ether oxygens (including phenoxy) is 1. The molecule has 5 rings (SSSR count). The number of carbonyl (C=O) groups excluding carboxylic acids is 1. The van der Waals surface area contributed by atoms with E-state index in [9.17, 15) is 24.2 Å². The zero-order chi connectivity index (χ0) is 22.4. The summed E-state index contributed by atoms with van der Waals surface area (Å²) in [6, 6.07) is 4.26. The van der Waals surface area contributed by atoms with Crippen molar-refractivity contribution in [1.82, 2.24) is 9.55 Å². The van der Waals surface area contributed by atoms with E-state index in [1.807, 2.05) is 13.8 Å². The number of aliphatic hydroxyl groups excluding tert-OH is 2. The minimum atomic E-state index is -1.55. The average Bonchev–Trinajstić information content (AvgIpc) is 3.13. The molecule has 0 saturated heterocycles. The molecule has 1 atom stereocenters. The van der Waals surface area contributed by atoms with E-state index in [1.54, 1.807) is 6.07 Å². The molecule has 2 aromatic heterocycles. The summed E-state index contributed by atoms with van der Waals surface area (Å²) in [6.07, 6.45) is -1.27. The second-order valence-corrected chi connectivity index (χ2v) is 7.15. The van der Waals surface area contributed by atoms with Crippen molar-refractivity contribution < 1.29 is 24.1 Å². The summed E-state index contributed by atoms with van der Waals surface area (Å²) in [4.78, 5) is 29.3. The molecule has 0 fully saturated rings. The maximum atomic E-state index is 14.0. The molecule has 0 spiro atoms. The molecule has 0 bridgehead atoms. The molecule has 4 heterocycles. The van der Waals surface area contributed by atoms with Crippen molar-refractivity contribution in [2.75, 3.05) is 12.3 Å². The highest BCUT2D eigenvalue weighted by Crippen LogP contribution is 2.38. The van der Waals surface area contributed by atoms with Gasteiger partial charge in [0.2, 0.25) is 0 Å². The van der Waals surface area contributed by atoms with Crippen LogP contribution in [-0.4, -0.2) is 32.3 Å². The molecule has 0 aliphatic carbocycles. The van der Waals surface area contributed by atoms with Gasteiger partial charge in [-0.3, -0.25) is 4.79 Å². The van der Waals surface area contributed by atoms with Crippen molar-refractivity contribution in [2.45, 2.75) is 39.5 Å². The van der Waals surface area contributed by atoms with Crippen molar-refractivity contribution in [3.8, 4) is 11.4 Å². The van der Waals surface area contributed by atoms with E-state index < -0.39 is 17.9 Å². The normalized spacial score (nSPS) is 16.2. The van der Waals surface area contributed by atoms with Gasteiger partial charge >= 0.3 is 5.97 Å². The molecule has 8 nitrogen and oxygen atoms in total. The Labute approximate surface area is 176 Å². The third-order valence-corrected chi connectivity index (χ3v) is 5.55. The summed E-state index contributed by atoms with van der Waals surface area (Å²) in [6.45, 7) is 3.85. The first-order valence-corrected chi connectivity index (χ1v) is 10.0. The Kier molecular flexibility index (Phi) is 5.24. The summed E-state index contributed by atoms with van der Waals surface area (Å²) in [5, 5.41) is 20.3. The summed E-state index contributed by atoms with van der Waals surface area (Å²) >= 11 is 0. The predicted molar refractivity (Wildman–Crippen MR) is 112 cm³/mol. The Hall–Kier alpha value is -3.30. The molecule has 4 N–H and O–H groups in total. The van der Waals surface area contributed by atoms with Crippen LogP contribution in [0.5, 0.6) is 0 Å². The standard InChI is InChI=1S/C20H16FN3O5.C2H6/c21-13-5-15-9(3-14(13)22)8(1-2-25)11-6-24-16(17(11)23-15)4-10-12(19(24)27)7-29-20(28)18(10)26;1-2/h3-5,18,25-26H,1-2,6-7,22H2;1-2H3. The number of carbonyl (C=O) groups is 1. The van der Waals surface area contributed by atoms with E-state index in [4.69, 9.17) is 10.5 Å². The number of hydrogen-bond donors (Lipinski definition) is 3. The molecule has 1 aromatic carbocycles. The van der Waals surface area contributed by atoms with Gasteiger partial charge < -0.3 is 25.3 Å². The lowest BCUT2D eigenvalue weighted by Crippen LogP contribution is -2.32. The van der Waals surface area contributed by atoms with E-state index in [2.05, 4.69) is 4.98 Å². The van der Waals surface area contributed by atoms with Crippen LogP contribution in [0.25, 0.3) is 22.3 Å². The maximum absolute atomic E-state index is 14.0. The fraction of sp³-hybridized carbons (Fsp3) is 0.318. The van der Waals surface area contributed by atoms with Crippen LogP contribution in [0.2, 0.25) is 0 Å². The fourth-order valence-electron chi connectivity index (χ4n) is 4.14. The summed E-state index contributed by atoms with van der Waals surface area (Å²) in [7, 11) is 0. The molecular formula is C22H22FN3O5. The van der Waals surface area contributed by atoms with Gasteiger partial charge in [0.05, 0.1) is 34.7 Å². The Bertz CT molecular complexity index is 1280. The second-order valence-electron chi connectivity index (χ2n) is 7.15. The number of esters is 1. The number of halogens is 1. The van der Waals surface area contributed by atoms with Crippen molar-refractivity contribution in [3.63, 3.8) is 0 Å². The second kappa shape index (κ2) is 7.75. The Morgan fingerprint density at radius 3 is 2.71 bits per heavy atom. The van der Waals surface area contributed by atoms with E-state index in [0.717, 1.165) is 11.1 Å². The number of benzene rings is 1. The lowest BCUT2D eigenvalue weighted by molar-refractivity contribution is -0.157. The SMILES string of the molecule is CC.Nc1cc2c(CCO)c3c(nc2cc1F)-c1cc2c(c(=O)n1C3)COC(=O)C2O. The van der Waals surface area contributed by atoms with Crippen molar-refractivity contribution in [1.29, 1.82) is 0 Å². The summed E-state index contributed by atoms with van der Waals surface area (Å²) < 4.78 is 20.4. The molecule has 9 heteroatoms. The minimum Gasteiger partial charge on any atom is -0.458 e. The molecule has 31 heavy (non-hydrogen) atoms. The van der Waals surface area contributed by atoms with Gasteiger partial charge in [0, 0.05) is 29.2 Å². The van der Waals surface area contributed by atoms with Crippen LogP contribution in [0.3, 0.4) is 0 Å². The number of nitrogen functional groups attached to an aromatic ring is 1. The molecule has 2 aliphatic heterocycles. The van der Waals surface area contributed by atoms with Crippen LogP contribution in [0.1, 0.15) is 42.2 Å². The Morgan fingerprint density at radius 1 is 1.26 bits per heavy atom. The fourth-order valence-corrected chi connectivity index (χ4v) is 4.14. The molecule has 3 aromatic rings. The average molecular weight is 427 g/mol. The third-order valence-electron chi connectivity index (χ3n) is 5.55. The smallest absolute Gasteiger partial charge is 0.340 e. The zero-order valence-electron chi connectivity index (χ0n) is 17.1. The monoisotopic (exact) mass is 427 g/mol. The number of cyclic esters (lactones) is 1. The molecule has 2 aliphatic rings. The summed E-state index contributed by atoms with van der Waals surface area (Å²) in [5.41, 5.74) is 8.40. The predicted octanol–water partition coefficient (Wildman–Crippen LogP) is 1.80. The number of rotatable bonds is 2. The lowest BCUT2D eigenvalue weighted by Gasteiger charge is -2.21.